The largest absolute Gasteiger partial charge is 0.358 e. The lowest BCUT2D eigenvalue weighted by Gasteiger charge is -2.27. The van der Waals surface area contributed by atoms with E-state index in [1.165, 1.54) is 17.3 Å². The number of aryl methyl sites for hydroxylation is 1. The van der Waals surface area contributed by atoms with Gasteiger partial charge >= 0.3 is 0 Å². The fourth-order valence-electron chi connectivity index (χ4n) is 2.08. The molecule has 0 saturated heterocycles. The second-order valence-corrected chi connectivity index (χ2v) is 6.02. The highest BCUT2D eigenvalue weighted by Crippen LogP contribution is 2.29. The zero-order chi connectivity index (χ0) is 13.5. The van der Waals surface area contributed by atoms with Crippen LogP contribution in [0.5, 0.6) is 0 Å². The van der Waals surface area contributed by atoms with E-state index in [4.69, 9.17) is 10.7 Å². The maximum Gasteiger partial charge on any atom is 0.151 e. The van der Waals surface area contributed by atoms with Crippen LogP contribution < -0.4 is 11.1 Å². The summed E-state index contributed by atoms with van der Waals surface area (Å²) >= 11 is 1.50. The summed E-state index contributed by atoms with van der Waals surface area (Å²) < 4.78 is 0. The van der Waals surface area contributed by atoms with Crippen LogP contribution >= 0.6 is 11.8 Å². The number of hydrogen-bond acceptors (Lipinski definition) is 5. The number of allylic oxidation sites excluding steroid dienone is 1. The molecule has 0 spiro atoms. The molecule has 19 heavy (non-hydrogen) atoms. The van der Waals surface area contributed by atoms with E-state index >= 15 is 0 Å². The van der Waals surface area contributed by atoms with Crippen molar-refractivity contribution in [2.24, 2.45) is 15.7 Å². The average Bonchev–Trinajstić information content (AvgIpc) is 2.71. The predicted molar refractivity (Wildman–Crippen MR) is 82.8 cm³/mol. The molecule has 2 aliphatic heterocycles. The van der Waals surface area contributed by atoms with Gasteiger partial charge in [-0.25, -0.2) is 4.99 Å². The highest BCUT2D eigenvalue weighted by Gasteiger charge is 2.30. The normalized spacial score (nSPS) is 28.7. The first-order valence-electron chi connectivity index (χ1n) is 6.18. The third-order valence-electron chi connectivity index (χ3n) is 3.07. The van der Waals surface area contributed by atoms with Crippen LogP contribution in [0.25, 0.3) is 0 Å². The minimum Gasteiger partial charge on any atom is -0.358 e. The monoisotopic (exact) mass is 272 g/mol. The van der Waals surface area contributed by atoms with Crippen LogP contribution in [-0.4, -0.2) is 21.9 Å². The van der Waals surface area contributed by atoms with Gasteiger partial charge < -0.3 is 11.1 Å². The number of rotatable bonds is 2. The van der Waals surface area contributed by atoms with Crippen LogP contribution in [-0.2, 0) is 0 Å². The van der Waals surface area contributed by atoms with Gasteiger partial charge in [0.25, 0.3) is 0 Å². The van der Waals surface area contributed by atoms with Crippen LogP contribution in [0.4, 0.5) is 5.69 Å². The third kappa shape index (κ3) is 2.57. The van der Waals surface area contributed by atoms with E-state index in [0.29, 0.717) is 0 Å². The number of fused-ring (bicyclic) bond motifs is 1. The van der Waals surface area contributed by atoms with Crippen LogP contribution in [0.1, 0.15) is 12.5 Å². The highest BCUT2D eigenvalue weighted by molar-refractivity contribution is 8.16. The molecule has 4 nitrogen and oxygen atoms in total. The van der Waals surface area contributed by atoms with Crippen molar-refractivity contribution in [3.63, 3.8) is 0 Å². The Morgan fingerprint density at radius 2 is 2.05 bits per heavy atom. The second kappa shape index (κ2) is 4.51. The Bertz CT molecular complexity index is 588. The molecule has 0 aliphatic carbocycles. The molecule has 0 amide bonds. The van der Waals surface area contributed by atoms with Crippen LogP contribution in [0.15, 0.2) is 46.4 Å². The number of nitrogens with two attached hydrogens (primary N) is 1. The number of benzene rings is 1. The zero-order valence-electron chi connectivity index (χ0n) is 10.9. The van der Waals surface area contributed by atoms with Gasteiger partial charge in [0.15, 0.2) is 5.50 Å². The van der Waals surface area contributed by atoms with Gasteiger partial charge in [-0.05, 0) is 38.1 Å². The average molecular weight is 272 g/mol. The van der Waals surface area contributed by atoms with E-state index in [0.717, 1.165) is 16.4 Å². The fraction of sp³-hybridized carbons (Fsp3) is 0.286. The Morgan fingerprint density at radius 3 is 2.79 bits per heavy atom. The molecule has 0 aromatic heterocycles. The number of thioether (sulfide) groups is 1. The van der Waals surface area contributed by atoms with Crippen molar-refractivity contribution < 1.29 is 0 Å². The van der Waals surface area contributed by atoms with E-state index in [-0.39, 0.29) is 5.50 Å². The summed E-state index contributed by atoms with van der Waals surface area (Å²) in [6.45, 7) is 4.11. The van der Waals surface area contributed by atoms with Crippen molar-refractivity contribution in [3.05, 3.63) is 42.0 Å². The molecule has 2 atom stereocenters. The fourth-order valence-corrected chi connectivity index (χ4v) is 2.96. The molecule has 1 aromatic rings. The van der Waals surface area contributed by atoms with Gasteiger partial charge in [0.05, 0.1) is 5.71 Å². The van der Waals surface area contributed by atoms with E-state index in [1.54, 1.807) is 0 Å². The molecule has 0 radical (unpaired) electrons. The summed E-state index contributed by atoms with van der Waals surface area (Å²) in [5.41, 5.74) is 8.31. The van der Waals surface area contributed by atoms with Crippen LogP contribution in [0.2, 0.25) is 0 Å². The highest BCUT2D eigenvalue weighted by atomic mass is 32.2. The maximum absolute atomic E-state index is 5.79. The lowest BCUT2D eigenvalue weighted by molar-refractivity contribution is 0.678. The van der Waals surface area contributed by atoms with Gasteiger partial charge in [-0.1, -0.05) is 29.5 Å². The van der Waals surface area contributed by atoms with Crippen molar-refractivity contribution in [2.45, 2.75) is 25.0 Å². The van der Waals surface area contributed by atoms with Gasteiger partial charge in [0.1, 0.15) is 10.7 Å². The topological polar surface area (TPSA) is 62.8 Å². The maximum atomic E-state index is 5.79. The minimum atomic E-state index is -0.444. The third-order valence-corrected chi connectivity index (χ3v) is 3.94. The van der Waals surface area contributed by atoms with Crippen molar-refractivity contribution in [3.8, 4) is 0 Å². The molecule has 2 unspecified atom stereocenters. The summed E-state index contributed by atoms with van der Waals surface area (Å²) in [5, 5.41) is 4.34. The van der Waals surface area contributed by atoms with E-state index in [2.05, 4.69) is 41.5 Å². The zero-order valence-corrected chi connectivity index (χ0v) is 11.7. The second-order valence-electron chi connectivity index (χ2n) is 4.91. The summed E-state index contributed by atoms with van der Waals surface area (Å²) in [4.78, 5) is 9.02. The molecule has 0 bridgehead atoms. The van der Waals surface area contributed by atoms with E-state index < -0.39 is 5.66 Å². The van der Waals surface area contributed by atoms with E-state index in [1.807, 2.05) is 19.1 Å². The number of aliphatic imine (C=N–C) groups is 2. The summed E-state index contributed by atoms with van der Waals surface area (Å²) in [5.74, 6) is 0. The van der Waals surface area contributed by atoms with Gasteiger partial charge in [-0.15, -0.1) is 0 Å². The van der Waals surface area contributed by atoms with Crippen LogP contribution in [0, 0.1) is 6.92 Å². The Hall–Kier alpha value is -1.59. The first kappa shape index (κ1) is 12.4. The summed E-state index contributed by atoms with van der Waals surface area (Å²) in [6.07, 6.45) is 4.01. The first-order chi connectivity index (χ1) is 9.04. The molecular formula is C14H16N4S. The molecule has 1 aromatic carbocycles. The number of anilines is 1. The van der Waals surface area contributed by atoms with Crippen molar-refractivity contribution in [1.82, 2.24) is 0 Å². The molecule has 0 saturated carbocycles. The molecule has 2 aliphatic rings. The lowest BCUT2D eigenvalue weighted by Crippen LogP contribution is -2.34. The SMILES string of the molecule is Cc1ccc(NC2(C)C=CC3=NC(N)SC3=N2)cc1. The van der Waals surface area contributed by atoms with Gasteiger partial charge in [0.2, 0.25) is 0 Å². The standard InChI is InChI=1S/C14H16N4S/c1-9-3-5-10(6-4-9)17-14(2)8-7-11-12(18-14)19-13(15)16-11/h3-8,13,17H,15H2,1-2H3. The lowest BCUT2D eigenvalue weighted by atomic mass is 10.1. The minimum absolute atomic E-state index is 0.222. The molecule has 3 rings (SSSR count). The smallest absolute Gasteiger partial charge is 0.151 e. The quantitative estimate of drug-likeness (QED) is 0.869. The number of dihydropyridines is 1. The van der Waals surface area contributed by atoms with Crippen LogP contribution in [0.3, 0.4) is 0 Å². The number of nitrogens with one attached hydrogen (secondary N) is 1. The number of nitrogens with zero attached hydrogens (tertiary/aromatic N) is 2. The molecule has 3 N–H and O–H groups in total. The van der Waals surface area contributed by atoms with Gasteiger partial charge in [-0.2, -0.15) is 0 Å². The molecular weight excluding hydrogens is 256 g/mol. The Balaban J connectivity index is 1.83. The molecule has 2 heterocycles. The molecule has 98 valence electrons. The Kier molecular flexibility index (Phi) is 2.95. The van der Waals surface area contributed by atoms with Crippen molar-refractivity contribution in [2.75, 3.05) is 5.32 Å². The van der Waals surface area contributed by atoms with E-state index in [9.17, 15) is 0 Å². The summed E-state index contributed by atoms with van der Waals surface area (Å²) in [6, 6.07) is 8.29. The van der Waals surface area contributed by atoms with Crippen molar-refractivity contribution in [1.29, 1.82) is 0 Å². The summed E-state index contributed by atoms with van der Waals surface area (Å²) in [7, 11) is 0. The molecule has 5 heteroatoms. The van der Waals surface area contributed by atoms with Gasteiger partial charge in [0, 0.05) is 5.69 Å². The number of hydrogen-bond donors (Lipinski definition) is 2. The van der Waals surface area contributed by atoms with Crippen molar-refractivity contribution >= 4 is 28.2 Å². The molecule has 0 fully saturated rings. The Labute approximate surface area is 116 Å². The van der Waals surface area contributed by atoms with Gasteiger partial charge in [-0.3, -0.25) is 4.99 Å². The first-order valence-corrected chi connectivity index (χ1v) is 7.06. The Morgan fingerprint density at radius 1 is 1.32 bits per heavy atom. The predicted octanol–water partition coefficient (Wildman–Crippen LogP) is 2.52.